The van der Waals surface area contributed by atoms with Crippen molar-refractivity contribution in [1.82, 2.24) is 4.90 Å². The Morgan fingerprint density at radius 2 is 2.19 bits per heavy atom. The lowest BCUT2D eigenvalue weighted by atomic mass is 9.72. The van der Waals surface area contributed by atoms with Crippen molar-refractivity contribution in [2.75, 3.05) is 19.7 Å². The Labute approximate surface area is 99.3 Å². The molecule has 0 aromatic carbocycles. The van der Waals surface area contributed by atoms with E-state index < -0.39 is 0 Å². The second-order valence-electron chi connectivity index (χ2n) is 6.86. The molecule has 0 spiro atoms. The predicted molar refractivity (Wildman–Crippen MR) is 67.3 cm³/mol. The third-order valence-electron chi connectivity index (χ3n) is 4.16. The lowest BCUT2D eigenvalue weighted by Crippen LogP contribution is -2.46. The molecule has 0 radical (unpaired) electrons. The van der Waals surface area contributed by atoms with Gasteiger partial charge in [-0.25, -0.2) is 0 Å². The van der Waals surface area contributed by atoms with E-state index in [4.69, 9.17) is 0 Å². The highest BCUT2D eigenvalue weighted by Gasteiger charge is 2.53. The average molecular weight is 223 g/mol. The van der Waals surface area contributed by atoms with E-state index in [1.807, 2.05) is 0 Å². The van der Waals surface area contributed by atoms with Crippen LogP contribution >= 0.6 is 0 Å². The molecule has 2 fully saturated rings. The van der Waals surface area contributed by atoms with E-state index in [9.17, 15) is 5.11 Å². The molecule has 0 aromatic rings. The van der Waals surface area contributed by atoms with E-state index in [0.717, 1.165) is 25.9 Å². The number of hydrogen-bond donors (Lipinski definition) is 1. The minimum atomic E-state index is 0.212. The standard InChI is InChI=1S/C14H25NO/c1-11-7-14(10-13(2,3)4)12(9-16)5-6-15(14)8-11/h12,16H,1,5-10H2,2-4H3. The first-order chi connectivity index (χ1) is 7.37. The molecule has 2 atom stereocenters. The SMILES string of the molecule is C=C1CN2CCC(CO)C2(CC(C)(C)C)C1. The van der Waals surface area contributed by atoms with Crippen LogP contribution in [0.1, 0.15) is 40.0 Å². The van der Waals surface area contributed by atoms with Crippen LogP contribution in [-0.2, 0) is 0 Å². The first-order valence-corrected chi connectivity index (χ1v) is 6.40. The quantitative estimate of drug-likeness (QED) is 0.727. The summed E-state index contributed by atoms with van der Waals surface area (Å²) in [4.78, 5) is 2.57. The van der Waals surface area contributed by atoms with Gasteiger partial charge in [0.1, 0.15) is 0 Å². The van der Waals surface area contributed by atoms with E-state index in [1.54, 1.807) is 0 Å². The second-order valence-corrected chi connectivity index (χ2v) is 6.86. The number of hydrogen-bond acceptors (Lipinski definition) is 2. The summed E-state index contributed by atoms with van der Waals surface area (Å²) in [6, 6.07) is 0. The predicted octanol–water partition coefficient (Wildman–Crippen LogP) is 2.44. The zero-order valence-electron chi connectivity index (χ0n) is 10.9. The summed E-state index contributed by atoms with van der Waals surface area (Å²) in [5.74, 6) is 0.450. The van der Waals surface area contributed by atoms with Gasteiger partial charge in [0.25, 0.3) is 0 Å². The Morgan fingerprint density at radius 1 is 1.50 bits per heavy atom. The fourth-order valence-electron chi connectivity index (χ4n) is 3.81. The molecule has 2 aliphatic rings. The molecule has 16 heavy (non-hydrogen) atoms. The van der Waals surface area contributed by atoms with Crippen LogP contribution in [0.2, 0.25) is 0 Å². The second kappa shape index (κ2) is 3.85. The van der Waals surface area contributed by atoms with Crippen molar-refractivity contribution >= 4 is 0 Å². The van der Waals surface area contributed by atoms with E-state index in [0.29, 0.717) is 17.9 Å². The number of nitrogens with zero attached hydrogens (tertiary/aromatic N) is 1. The van der Waals surface area contributed by atoms with Crippen molar-refractivity contribution in [3.05, 3.63) is 12.2 Å². The summed E-state index contributed by atoms with van der Waals surface area (Å²) in [7, 11) is 0. The molecular weight excluding hydrogens is 198 g/mol. The number of aliphatic hydroxyl groups is 1. The fourth-order valence-corrected chi connectivity index (χ4v) is 3.81. The Hall–Kier alpha value is -0.340. The van der Waals surface area contributed by atoms with Gasteiger partial charge in [0.2, 0.25) is 0 Å². The van der Waals surface area contributed by atoms with Gasteiger partial charge in [0.15, 0.2) is 0 Å². The van der Waals surface area contributed by atoms with Crippen LogP contribution in [-0.4, -0.2) is 35.2 Å². The minimum absolute atomic E-state index is 0.212. The topological polar surface area (TPSA) is 23.5 Å². The van der Waals surface area contributed by atoms with Crippen LogP contribution in [0.25, 0.3) is 0 Å². The Morgan fingerprint density at radius 3 is 2.75 bits per heavy atom. The lowest BCUT2D eigenvalue weighted by Gasteiger charge is -2.41. The highest BCUT2D eigenvalue weighted by atomic mass is 16.3. The molecule has 0 saturated carbocycles. The summed E-state index contributed by atoms with van der Waals surface area (Å²) >= 11 is 0. The summed E-state index contributed by atoms with van der Waals surface area (Å²) in [5.41, 5.74) is 1.88. The van der Waals surface area contributed by atoms with Gasteiger partial charge in [0, 0.05) is 24.6 Å². The number of fused-ring (bicyclic) bond motifs is 1. The zero-order chi connectivity index (χ0) is 12.0. The molecule has 2 rings (SSSR count). The van der Waals surface area contributed by atoms with Crippen molar-refractivity contribution in [3.8, 4) is 0 Å². The normalized spacial score (nSPS) is 35.8. The number of rotatable bonds is 2. The molecule has 92 valence electrons. The molecule has 2 unspecified atom stereocenters. The Balaban J connectivity index is 2.26. The van der Waals surface area contributed by atoms with Gasteiger partial charge in [-0.1, -0.05) is 32.9 Å². The molecule has 0 bridgehead atoms. The Kier molecular flexibility index (Phi) is 2.92. The molecule has 2 nitrogen and oxygen atoms in total. The molecule has 0 aliphatic carbocycles. The highest BCUT2D eigenvalue weighted by molar-refractivity contribution is 5.20. The largest absolute Gasteiger partial charge is 0.396 e. The summed E-state index contributed by atoms with van der Waals surface area (Å²) in [5, 5.41) is 9.61. The van der Waals surface area contributed by atoms with Gasteiger partial charge < -0.3 is 5.11 Å². The van der Waals surface area contributed by atoms with E-state index >= 15 is 0 Å². The van der Waals surface area contributed by atoms with Crippen LogP contribution in [0.3, 0.4) is 0 Å². The molecule has 2 heterocycles. The van der Waals surface area contributed by atoms with Gasteiger partial charge in [-0.05, 0) is 31.2 Å². The van der Waals surface area contributed by atoms with E-state index in [-0.39, 0.29) is 5.54 Å². The van der Waals surface area contributed by atoms with E-state index in [1.165, 1.54) is 12.0 Å². The maximum atomic E-state index is 9.61. The highest BCUT2D eigenvalue weighted by Crippen LogP contribution is 2.50. The van der Waals surface area contributed by atoms with Crippen LogP contribution in [0.4, 0.5) is 0 Å². The van der Waals surface area contributed by atoms with Gasteiger partial charge in [0.05, 0.1) is 0 Å². The molecular formula is C14H25NO. The van der Waals surface area contributed by atoms with E-state index in [2.05, 4.69) is 32.3 Å². The van der Waals surface area contributed by atoms with Crippen molar-refractivity contribution in [2.45, 2.75) is 45.6 Å². The van der Waals surface area contributed by atoms with Crippen LogP contribution in [0.15, 0.2) is 12.2 Å². The van der Waals surface area contributed by atoms with Crippen molar-refractivity contribution in [3.63, 3.8) is 0 Å². The Bertz CT molecular complexity index is 292. The van der Waals surface area contributed by atoms with Crippen molar-refractivity contribution in [1.29, 1.82) is 0 Å². The van der Waals surface area contributed by atoms with Crippen LogP contribution < -0.4 is 0 Å². The van der Waals surface area contributed by atoms with Gasteiger partial charge in [-0.2, -0.15) is 0 Å². The maximum Gasteiger partial charge on any atom is 0.0477 e. The van der Waals surface area contributed by atoms with Gasteiger partial charge >= 0.3 is 0 Å². The van der Waals surface area contributed by atoms with Crippen molar-refractivity contribution < 1.29 is 5.11 Å². The molecule has 0 amide bonds. The number of aliphatic hydroxyl groups excluding tert-OH is 1. The minimum Gasteiger partial charge on any atom is -0.396 e. The first kappa shape index (κ1) is 12.1. The lowest BCUT2D eigenvalue weighted by molar-refractivity contribution is 0.0627. The third-order valence-corrected chi connectivity index (χ3v) is 4.16. The van der Waals surface area contributed by atoms with Crippen molar-refractivity contribution in [2.24, 2.45) is 11.3 Å². The molecule has 2 aliphatic heterocycles. The third kappa shape index (κ3) is 1.93. The smallest absolute Gasteiger partial charge is 0.0477 e. The van der Waals surface area contributed by atoms with Crippen LogP contribution in [0, 0.1) is 11.3 Å². The summed E-state index contributed by atoms with van der Waals surface area (Å²) < 4.78 is 0. The first-order valence-electron chi connectivity index (χ1n) is 6.40. The molecule has 2 saturated heterocycles. The summed E-state index contributed by atoms with van der Waals surface area (Å²) in [6.45, 7) is 13.6. The molecule has 2 heteroatoms. The monoisotopic (exact) mass is 223 g/mol. The average Bonchev–Trinajstić information content (AvgIpc) is 2.54. The maximum absolute atomic E-state index is 9.61. The van der Waals surface area contributed by atoms with Crippen LogP contribution in [0.5, 0.6) is 0 Å². The zero-order valence-corrected chi connectivity index (χ0v) is 10.9. The van der Waals surface area contributed by atoms with Gasteiger partial charge in [-0.3, -0.25) is 4.90 Å². The molecule has 1 N–H and O–H groups in total. The summed E-state index contributed by atoms with van der Waals surface area (Å²) in [6.07, 6.45) is 3.42. The fraction of sp³-hybridized carbons (Fsp3) is 0.857. The molecule has 0 aromatic heterocycles. The van der Waals surface area contributed by atoms with Gasteiger partial charge in [-0.15, -0.1) is 0 Å².